The number of nitrogens with one attached hydrogen (secondary N) is 1. The van der Waals surface area contributed by atoms with Gasteiger partial charge in [-0.3, -0.25) is 4.79 Å². The molecule has 0 aliphatic rings. The lowest BCUT2D eigenvalue weighted by Crippen LogP contribution is -2.22. The summed E-state index contributed by atoms with van der Waals surface area (Å²) >= 11 is 12.1. The van der Waals surface area contributed by atoms with Crippen molar-refractivity contribution < 1.29 is 14.1 Å². The average molecular weight is 378 g/mol. The van der Waals surface area contributed by atoms with Gasteiger partial charge in [0.1, 0.15) is 5.75 Å². The molecule has 0 aliphatic carbocycles. The number of carbonyl (C=O) groups excluding carboxylic acids is 1. The third kappa shape index (κ3) is 3.92. The van der Waals surface area contributed by atoms with Crippen LogP contribution < -0.4 is 10.1 Å². The van der Waals surface area contributed by atoms with E-state index in [9.17, 15) is 4.79 Å². The lowest BCUT2D eigenvalue weighted by Gasteiger charge is -2.06. The third-order valence-corrected chi connectivity index (χ3v) is 4.02. The van der Waals surface area contributed by atoms with Crippen molar-refractivity contribution in [2.45, 2.75) is 6.54 Å². The fourth-order valence-corrected chi connectivity index (χ4v) is 2.62. The number of rotatable bonds is 5. The van der Waals surface area contributed by atoms with Crippen molar-refractivity contribution in [3.63, 3.8) is 0 Å². The Morgan fingerprint density at radius 2 is 2.00 bits per heavy atom. The molecule has 1 amide bonds. The zero-order valence-corrected chi connectivity index (χ0v) is 14.6. The van der Waals surface area contributed by atoms with Crippen molar-refractivity contribution in [1.29, 1.82) is 0 Å². The summed E-state index contributed by atoms with van der Waals surface area (Å²) in [4.78, 5) is 16.4. The predicted molar refractivity (Wildman–Crippen MR) is 93.9 cm³/mol. The molecular formula is C17H13Cl2N3O3. The number of halogens is 2. The summed E-state index contributed by atoms with van der Waals surface area (Å²) in [5.74, 6) is 0.812. The van der Waals surface area contributed by atoms with Gasteiger partial charge in [-0.25, -0.2) is 0 Å². The molecule has 3 rings (SSSR count). The minimum atomic E-state index is -0.318. The number of methoxy groups -OCH3 is 1. The molecule has 0 bridgehead atoms. The molecule has 1 aromatic heterocycles. The molecule has 0 radical (unpaired) electrons. The number of benzene rings is 2. The highest BCUT2D eigenvalue weighted by atomic mass is 35.5. The van der Waals surface area contributed by atoms with Gasteiger partial charge in [0.25, 0.3) is 5.91 Å². The molecule has 0 aliphatic heterocycles. The molecule has 128 valence electrons. The number of carbonyl (C=O) groups is 1. The Morgan fingerprint density at radius 3 is 2.72 bits per heavy atom. The van der Waals surface area contributed by atoms with E-state index in [1.807, 2.05) is 12.1 Å². The molecule has 0 saturated carbocycles. The van der Waals surface area contributed by atoms with Gasteiger partial charge in [-0.15, -0.1) is 0 Å². The van der Waals surface area contributed by atoms with Crippen LogP contribution in [-0.2, 0) is 6.54 Å². The second-order valence-corrected chi connectivity index (χ2v) is 5.84. The van der Waals surface area contributed by atoms with Crippen LogP contribution in [0.25, 0.3) is 11.4 Å². The Kier molecular flexibility index (Phi) is 5.21. The molecule has 3 aromatic rings. The highest BCUT2D eigenvalue weighted by Crippen LogP contribution is 2.26. The smallest absolute Gasteiger partial charge is 0.251 e. The molecule has 6 nitrogen and oxygen atoms in total. The summed E-state index contributed by atoms with van der Waals surface area (Å²) in [7, 11) is 1.51. The van der Waals surface area contributed by atoms with Gasteiger partial charge in [0.15, 0.2) is 0 Å². The van der Waals surface area contributed by atoms with Gasteiger partial charge in [0, 0.05) is 11.1 Å². The number of ether oxygens (including phenoxy) is 1. The maximum atomic E-state index is 12.2. The zero-order valence-electron chi connectivity index (χ0n) is 13.1. The fourth-order valence-electron chi connectivity index (χ4n) is 2.14. The van der Waals surface area contributed by atoms with Crippen LogP contribution in [0.5, 0.6) is 5.75 Å². The lowest BCUT2D eigenvalue weighted by molar-refractivity contribution is 0.0946. The topological polar surface area (TPSA) is 77.2 Å². The lowest BCUT2D eigenvalue weighted by atomic mass is 10.2. The van der Waals surface area contributed by atoms with E-state index in [0.29, 0.717) is 32.7 Å². The summed E-state index contributed by atoms with van der Waals surface area (Å²) in [6.07, 6.45) is 0. The van der Waals surface area contributed by atoms with Gasteiger partial charge in [-0.2, -0.15) is 4.98 Å². The van der Waals surface area contributed by atoms with E-state index in [1.54, 1.807) is 24.3 Å². The highest BCUT2D eigenvalue weighted by Gasteiger charge is 2.13. The van der Waals surface area contributed by atoms with E-state index in [0.717, 1.165) is 0 Å². The van der Waals surface area contributed by atoms with Crippen LogP contribution in [0, 0.1) is 0 Å². The molecule has 2 aromatic carbocycles. The number of amides is 1. The van der Waals surface area contributed by atoms with E-state index < -0.39 is 0 Å². The first-order chi connectivity index (χ1) is 12.1. The normalized spacial score (nSPS) is 10.5. The Labute approximate surface area is 153 Å². The van der Waals surface area contributed by atoms with Crippen molar-refractivity contribution >= 4 is 29.1 Å². The average Bonchev–Trinajstić information content (AvgIpc) is 3.08. The van der Waals surface area contributed by atoms with Crippen molar-refractivity contribution in [1.82, 2.24) is 15.5 Å². The molecular weight excluding hydrogens is 365 g/mol. The van der Waals surface area contributed by atoms with Crippen LogP contribution in [0.4, 0.5) is 0 Å². The van der Waals surface area contributed by atoms with E-state index in [2.05, 4.69) is 15.5 Å². The molecule has 1 heterocycles. The number of aromatic nitrogens is 2. The first kappa shape index (κ1) is 17.3. The Hall–Kier alpha value is -2.57. The summed E-state index contributed by atoms with van der Waals surface area (Å²) < 4.78 is 10.2. The first-order valence-electron chi connectivity index (χ1n) is 7.27. The van der Waals surface area contributed by atoms with E-state index in [1.165, 1.54) is 13.2 Å². The number of hydrogen-bond acceptors (Lipinski definition) is 5. The second kappa shape index (κ2) is 7.55. The molecule has 0 fully saturated rings. The summed E-state index contributed by atoms with van der Waals surface area (Å²) in [5, 5.41) is 7.44. The fraction of sp³-hybridized carbons (Fsp3) is 0.118. The van der Waals surface area contributed by atoms with Gasteiger partial charge in [0.2, 0.25) is 11.7 Å². The molecule has 0 spiro atoms. The standard InChI is InChI=1S/C17H13Cl2N3O3/c1-24-14-7-6-10(8-13(14)19)17(23)20-9-15-21-16(22-25-15)11-4-2-3-5-12(11)18/h2-8H,9H2,1H3,(H,20,23). The van der Waals surface area contributed by atoms with Crippen molar-refractivity contribution in [3.05, 3.63) is 64.0 Å². The second-order valence-electron chi connectivity index (χ2n) is 5.02. The van der Waals surface area contributed by atoms with Crippen LogP contribution in [-0.4, -0.2) is 23.2 Å². The number of hydrogen-bond donors (Lipinski definition) is 1. The van der Waals surface area contributed by atoms with Crippen LogP contribution in [0.2, 0.25) is 10.0 Å². The molecule has 0 saturated heterocycles. The van der Waals surface area contributed by atoms with Gasteiger partial charge in [-0.1, -0.05) is 40.5 Å². The SMILES string of the molecule is COc1ccc(C(=O)NCc2nc(-c3ccccc3Cl)no2)cc1Cl. The van der Waals surface area contributed by atoms with Crippen LogP contribution in [0.3, 0.4) is 0 Å². The summed E-state index contributed by atoms with van der Waals surface area (Å²) in [5.41, 5.74) is 1.06. The quantitative estimate of drug-likeness (QED) is 0.727. The van der Waals surface area contributed by atoms with Crippen molar-refractivity contribution in [2.75, 3.05) is 7.11 Å². The molecule has 25 heavy (non-hydrogen) atoms. The maximum Gasteiger partial charge on any atom is 0.251 e. The van der Waals surface area contributed by atoms with Crippen LogP contribution in [0.15, 0.2) is 47.0 Å². The van der Waals surface area contributed by atoms with Crippen LogP contribution in [0.1, 0.15) is 16.2 Å². The largest absolute Gasteiger partial charge is 0.495 e. The van der Waals surface area contributed by atoms with Gasteiger partial charge in [-0.05, 0) is 30.3 Å². The molecule has 1 N–H and O–H groups in total. The van der Waals surface area contributed by atoms with Gasteiger partial charge < -0.3 is 14.6 Å². The third-order valence-electron chi connectivity index (χ3n) is 3.40. The Balaban J connectivity index is 1.67. The van der Waals surface area contributed by atoms with Crippen LogP contribution >= 0.6 is 23.2 Å². The number of nitrogens with zero attached hydrogens (tertiary/aromatic N) is 2. The van der Waals surface area contributed by atoms with E-state index in [4.69, 9.17) is 32.5 Å². The summed E-state index contributed by atoms with van der Waals surface area (Å²) in [6, 6.07) is 11.9. The first-order valence-corrected chi connectivity index (χ1v) is 8.03. The van der Waals surface area contributed by atoms with Crippen molar-refractivity contribution in [3.8, 4) is 17.1 Å². The van der Waals surface area contributed by atoms with E-state index in [-0.39, 0.29) is 18.3 Å². The van der Waals surface area contributed by atoms with Gasteiger partial charge >= 0.3 is 0 Å². The Bertz CT molecular complexity index is 912. The monoisotopic (exact) mass is 377 g/mol. The molecule has 0 atom stereocenters. The molecule has 8 heteroatoms. The Morgan fingerprint density at radius 1 is 1.20 bits per heavy atom. The zero-order chi connectivity index (χ0) is 17.8. The maximum absolute atomic E-state index is 12.2. The predicted octanol–water partition coefficient (Wildman–Crippen LogP) is 3.98. The summed E-state index contributed by atoms with van der Waals surface area (Å²) in [6.45, 7) is 0.0833. The minimum absolute atomic E-state index is 0.0833. The highest BCUT2D eigenvalue weighted by molar-refractivity contribution is 6.33. The minimum Gasteiger partial charge on any atom is -0.495 e. The van der Waals surface area contributed by atoms with Gasteiger partial charge in [0.05, 0.1) is 23.7 Å². The van der Waals surface area contributed by atoms with Crippen molar-refractivity contribution in [2.24, 2.45) is 0 Å². The molecule has 0 unspecified atom stereocenters. The van der Waals surface area contributed by atoms with E-state index >= 15 is 0 Å².